The topological polar surface area (TPSA) is 95.7 Å². The number of aromatic nitrogens is 5. The molecule has 0 saturated heterocycles. The van der Waals surface area contributed by atoms with Crippen LogP contribution in [0.4, 0.5) is 0 Å². The van der Waals surface area contributed by atoms with Crippen molar-refractivity contribution >= 4 is 23.4 Å². The highest BCUT2D eigenvalue weighted by Crippen LogP contribution is 2.28. The molecule has 0 unspecified atom stereocenters. The Morgan fingerprint density at radius 3 is 2.83 bits per heavy atom. The Balaban J connectivity index is 1.96. The van der Waals surface area contributed by atoms with Crippen LogP contribution >= 0.6 is 23.4 Å². The molecule has 0 radical (unpaired) electrons. The summed E-state index contributed by atoms with van der Waals surface area (Å²) in [5, 5.41) is 17.5. The van der Waals surface area contributed by atoms with Crippen LogP contribution in [0.25, 0.3) is 5.69 Å². The summed E-state index contributed by atoms with van der Waals surface area (Å²) in [5.41, 5.74) is 8.42. The molecule has 0 saturated carbocycles. The van der Waals surface area contributed by atoms with E-state index < -0.39 is 0 Å². The molecule has 0 aliphatic rings. The summed E-state index contributed by atoms with van der Waals surface area (Å²) in [4.78, 5) is 0. The van der Waals surface area contributed by atoms with E-state index in [1.807, 2.05) is 42.7 Å². The van der Waals surface area contributed by atoms with E-state index in [2.05, 4.69) is 20.5 Å². The average Bonchev–Trinajstić information content (AvgIpc) is 3.11. The number of halogens is 1. The highest BCUT2D eigenvalue weighted by molar-refractivity contribution is 7.98. The molecule has 2 N–H and O–H groups in total. The number of aryl methyl sites for hydroxylation is 1. The Hall–Kier alpha value is -1.90. The van der Waals surface area contributed by atoms with Crippen molar-refractivity contribution in [2.75, 3.05) is 0 Å². The van der Waals surface area contributed by atoms with Gasteiger partial charge in [-0.25, -0.2) is 4.63 Å². The molecule has 9 heteroatoms. The van der Waals surface area contributed by atoms with Gasteiger partial charge in [0.2, 0.25) is 0 Å². The van der Waals surface area contributed by atoms with Crippen molar-refractivity contribution in [3.05, 3.63) is 46.5 Å². The number of thioether (sulfide) groups is 1. The molecule has 0 spiro atoms. The summed E-state index contributed by atoms with van der Waals surface area (Å²) in [6, 6.07) is 7.23. The molecule has 2 heterocycles. The summed E-state index contributed by atoms with van der Waals surface area (Å²) < 4.78 is 6.62. The van der Waals surface area contributed by atoms with Crippen molar-refractivity contribution in [1.29, 1.82) is 0 Å². The van der Waals surface area contributed by atoms with E-state index in [0.717, 1.165) is 17.1 Å². The normalized spacial score (nSPS) is 12.5. The molecule has 23 heavy (non-hydrogen) atoms. The minimum absolute atomic E-state index is 0.258. The first kappa shape index (κ1) is 16.0. The second kappa shape index (κ2) is 6.69. The van der Waals surface area contributed by atoms with Crippen molar-refractivity contribution in [2.24, 2.45) is 5.73 Å². The summed E-state index contributed by atoms with van der Waals surface area (Å²) >= 11 is 7.59. The third-order valence-corrected chi connectivity index (χ3v) is 4.39. The summed E-state index contributed by atoms with van der Waals surface area (Å²) in [6.45, 7) is 3.71. The van der Waals surface area contributed by atoms with Gasteiger partial charge in [-0.1, -0.05) is 39.7 Å². The van der Waals surface area contributed by atoms with Gasteiger partial charge in [0.1, 0.15) is 11.4 Å². The number of rotatable bonds is 5. The molecule has 1 atom stereocenters. The van der Waals surface area contributed by atoms with Crippen LogP contribution in [0.1, 0.15) is 30.2 Å². The SMILES string of the molecule is Cc1nonc1CSc1nnc([C@H](C)N)n1-c1cccc(Cl)c1. The van der Waals surface area contributed by atoms with Crippen LogP contribution < -0.4 is 5.73 Å². The summed E-state index contributed by atoms with van der Waals surface area (Å²) in [7, 11) is 0. The number of nitrogens with two attached hydrogens (primary N) is 1. The lowest BCUT2D eigenvalue weighted by Gasteiger charge is -2.12. The van der Waals surface area contributed by atoms with Gasteiger partial charge in [-0.2, -0.15) is 0 Å². The van der Waals surface area contributed by atoms with E-state index in [-0.39, 0.29) is 6.04 Å². The van der Waals surface area contributed by atoms with Crippen molar-refractivity contribution in [1.82, 2.24) is 25.1 Å². The Kier molecular flexibility index (Phi) is 4.65. The second-order valence-electron chi connectivity index (χ2n) is 5.03. The van der Waals surface area contributed by atoms with Crippen LogP contribution in [0.15, 0.2) is 34.1 Å². The maximum atomic E-state index is 6.10. The minimum Gasteiger partial charge on any atom is -0.322 e. The van der Waals surface area contributed by atoms with Crippen molar-refractivity contribution in [3.8, 4) is 5.69 Å². The highest BCUT2D eigenvalue weighted by atomic mass is 35.5. The van der Waals surface area contributed by atoms with E-state index in [0.29, 0.717) is 21.8 Å². The van der Waals surface area contributed by atoms with E-state index >= 15 is 0 Å². The monoisotopic (exact) mass is 350 g/mol. The molecule has 0 bridgehead atoms. The molecular formula is C14H15ClN6OS. The van der Waals surface area contributed by atoms with Gasteiger partial charge in [-0.05, 0) is 32.0 Å². The molecule has 120 valence electrons. The third kappa shape index (κ3) is 3.39. The minimum atomic E-state index is -0.258. The molecule has 0 aliphatic carbocycles. The fraction of sp³-hybridized carbons (Fsp3) is 0.286. The lowest BCUT2D eigenvalue weighted by molar-refractivity contribution is 0.302. The molecule has 3 rings (SSSR count). The second-order valence-corrected chi connectivity index (χ2v) is 6.41. The van der Waals surface area contributed by atoms with Crippen LogP contribution in [-0.4, -0.2) is 25.1 Å². The first-order valence-corrected chi connectivity index (χ1v) is 8.30. The van der Waals surface area contributed by atoms with Crippen LogP contribution in [0.5, 0.6) is 0 Å². The van der Waals surface area contributed by atoms with Gasteiger partial charge >= 0.3 is 0 Å². The smallest absolute Gasteiger partial charge is 0.196 e. The number of hydrogen-bond acceptors (Lipinski definition) is 7. The van der Waals surface area contributed by atoms with Crippen molar-refractivity contribution < 1.29 is 4.63 Å². The Morgan fingerprint density at radius 1 is 1.35 bits per heavy atom. The van der Waals surface area contributed by atoms with Gasteiger partial charge in [0.05, 0.1) is 11.7 Å². The number of hydrogen-bond donors (Lipinski definition) is 1. The van der Waals surface area contributed by atoms with Crippen molar-refractivity contribution in [2.45, 2.75) is 30.8 Å². The summed E-state index contributed by atoms with van der Waals surface area (Å²) in [5.74, 6) is 1.25. The third-order valence-electron chi connectivity index (χ3n) is 3.22. The predicted octanol–water partition coefficient (Wildman–Crippen LogP) is 2.92. The fourth-order valence-electron chi connectivity index (χ4n) is 2.04. The lowest BCUT2D eigenvalue weighted by Crippen LogP contribution is -2.13. The Bertz CT molecular complexity index is 815. The van der Waals surface area contributed by atoms with Gasteiger partial charge in [-0.3, -0.25) is 4.57 Å². The fourth-order valence-corrected chi connectivity index (χ4v) is 3.18. The predicted molar refractivity (Wildman–Crippen MR) is 87.6 cm³/mol. The Labute approximate surface area is 142 Å². The zero-order valence-electron chi connectivity index (χ0n) is 12.6. The largest absolute Gasteiger partial charge is 0.322 e. The molecular weight excluding hydrogens is 336 g/mol. The zero-order valence-corrected chi connectivity index (χ0v) is 14.2. The van der Waals surface area contributed by atoms with E-state index in [9.17, 15) is 0 Å². The summed E-state index contributed by atoms with van der Waals surface area (Å²) in [6.07, 6.45) is 0. The lowest BCUT2D eigenvalue weighted by atomic mass is 10.3. The first-order chi connectivity index (χ1) is 11.1. The molecule has 7 nitrogen and oxygen atoms in total. The molecule has 3 aromatic rings. The van der Waals surface area contributed by atoms with Crippen LogP contribution in [0.3, 0.4) is 0 Å². The van der Waals surface area contributed by atoms with Gasteiger partial charge in [0, 0.05) is 10.8 Å². The van der Waals surface area contributed by atoms with Gasteiger partial charge in [0.15, 0.2) is 11.0 Å². The van der Waals surface area contributed by atoms with Crippen molar-refractivity contribution in [3.63, 3.8) is 0 Å². The average molecular weight is 351 g/mol. The van der Waals surface area contributed by atoms with Gasteiger partial charge in [-0.15, -0.1) is 10.2 Å². The quantitative estimate of drug-likeness (QED) is 0.706. The standard InChI is InChI=1S/C14H15ClN6OS/c1-8(16)13-17-18-14(23-7-12-9(2)19-22-20-12)21(13)11-5-3-4-10(15)6-11/h3-6,8H,7,16H2,1-2H3/t8-/m0/s1. The molecule has 0 fully saturated rings. The maximum Gasteiger partial charge on any atom is 0.196 e. The Morgan fingerprint density at radius 2 is 2.17 bits per heavy atom. The van der Waals surface area contributed by atoms with E-state index in [1.165, 1.54) is 11.8 Å². The molecule has 2 aromatic heterocycles. The molecule has 1 aromatic carbocycles. The first-order valence-electron chi connectivity index (χ1n) is 6.94. The molecule has 0 aliphatic heterocycles. The molecule has 0 amide bonds. The van der Waals surface area contributed by atoms with Gasteiger partial charge < -0.3 is 5.73 Å². The van der Waals surface area contributed by atoms with E-state index in [1.54, 1.807) is 0 Å². The van der Waals surface area contributed by atoms with Crippen LogP contribution in [-0.2, 0) is 5.75 Å². The van der Waals surface area contributed by atoms with E-state index in [4.69, 9.17) is 22.0 Å². The van der Waals surface area contributed by atoms with Gasteiger partial charge in [0.25, 0.3) is 0 Å². The number of benzene rings is 1. The zero-order chi connectivity index (χ0) is 16.4. The van der Waals surface area contributed by atoms with Crippen LogP contribution in [0, 0.1) is 6.92 Å². The number of nitrogens with zero attached hydrogens (tertiary/aromatic N) is 5. The van der Waals surface area contributed by atoms with Crippen LogP contribution in [0.2, 0.25) is 5.02 Å². The highest BCUT2D eigenvalue weighted by Gasteiger charge is 2.18. The maximum absolute atomic E-state index is 6.10.